The third-order valence-corrected chi connectivity index (χ3v) is 6.61. The van der Waals surface area contributed by atoms with Crippen molar-refractivity contribution in [3.05, 3.63) is 36.0 Å². The fourth-order valence-corrected chi connectivity index (χ4v) is 4.98. The van der Waals surface area contributed by atoms with Crippen LogP contribution in [-0.2, 0) is 16.0 Å². The summed E-state index contributed by atoms with van der Waals surface area (Å²) in [5.74, 6) is 0.193. The Kier molecular flexibility index (Phi) is 6.33. The van der Waals surface area contributed by atoms with Crippen molar-refractivity contribution in [1.29, 1.82) is 0 Å². The van der Waals surface area contributed by atoms with E-state index in [0.717, 1.165) is 45.7 Å². The second-order valence-corrected chi connectivity index (χ2v) is 8.37. The maximum Gasteiger partial charge on any atom is 0.220 e. The molecule has 1 aliphatic carbocycles. The average molecular weight is 384 g/mol. The molecule has 2 aliphatic rings. The number of hydrogen-bond donors (Lipinski definition) is 2. The summed E-state index contributed by atoms with van der Waals surface area (Å²) in [6, 6.07) is 8.37. The topological polar surface area (TPSA) is 57.4 Å². The lowest BCUT2D eigenvalue weighted by Crippen LogP contribution is -2.59. The van der Waals surface area contributed by atoms with Crippen LogP contribution in [0.3, 0.4) is 0 Å². The number of H-pyrrole nitrogens is 1. The zero-order valence-electron chi connectivity index (χ0n) is 16.8. The number of para-hydroxylation sites is 1. The fourth-order valence-electron chi connectivity index (χ4n) is 4.98. The normalized spacial score (nSPS) is 20.3. The number of rotatable bonds is 7. The molecule has 0 bridgehead atoms. The van der Waals surface area contributed by atoms with E-state index in [-0.39, 0.29) is 11.4 Å². The van der Waals surface area contributed by atoms with E-state index in [1.165, 1.54) is 48.6 Å². The van der Waals surface area contributed by atoms with Gasteiger partial charge in [0.1, 0.15) is 0 Å². The summed E-state index contributed by atoms with van der Waals surface area (Å²) in [4.78, 5) is 18.4. The molecule has 2 heterocycles. The lowest BCUT2D eigenvalue weighted by molar-refractivity contribution is -0.122. The number of aromatic nitrogens is 1. The van der Waals surface area contributed by atoms with Gasteiger partial charge in [0.15, 0.2) is 0 Å². The summed E-state index contributed by atoms with van der Waals surface area (Å²) < 4.78 is 5.55. The van der Waals surface area contributed by atoms with Gasteiger partial charge in [-0.1, -0.05) is 37.5 Å². The van der Waals surface area contributed by atoms with Crippen LogP contribution in [0.15, 0.2) is 30.5 Å². The number of benzene rings is 1. The van der Waals surface area contributed by atoms with Gasteiger partial charge in [0.05, 0.1) is 13.2 Å². The summed E-state index contributed by atoms with van der Waals surface area (Å²) in [7, 11) is 0. The number of hydrogen-bond acceptors (Lipinski definition) is 3. The Hall–Kier alpha value is -1.85. The van der Waals surface area contributed by atoms with E-state index < -0.39 is 0 Å². The summed E-state index contributed by atoms with van der Waals surface area (Å²) in [6.45, 7) is 4.42. The Balaban J connectivity index is 1.27. The van der Waals surface area contributed by atoms with Crippen molar-refractivity contribution in [3.8, 4) is 0 Å². The number of aryl methyl sites for hydroxylation is 1. The van der Waals surface area contributed by atoms with Crippen LogP contribution in [-0.4, -0.2) is 54.2 Å². The molecule has 2 N–H and O–H groups in total. The molecule has 1 saturated heterocycles. The van der Waals surface area contributed by atoms with Gasteiger partial charge in [-0.05, 0) is 37.3 Å². The second kappa shape index (κ2) is 9.10. The highest BCUT2D eigenvalue weighted by atomic mass is 16.5. The Morgan fingerprint density at radius 3 is 2.75 bits per heavy atom. The van der Waals surface area contributed by atoms with Crippen molar-refractivity contribution < 1.29 is 9.53 Å². The van der Waals surface area contributed by atoms with Gasteiger partial charge < -0.3 is 15.0 Å². The highest BCUT2D eigenvalue weighted by Gasteiger charge is 2.38. The molecule has 0 atom stereocenters. The third-order valence-electron chi connectivity index (χ3n) is 6.61. The van der Waals surface area contributed by atoms with Crippen molar-refractivity contribution in [2.45, 2.75) is 56.9 Å². The first-order valence-electron chi connectivity index (χ1n) is 10.9. The maximum atomic E-state index is 12.5. The minimum Gasteiger partial charge on any atom is -0.379 e. The minimum atomic E-state index is 0.147. The van der Waals surface area contributed by atoms with Gasteiger partial charge in [-0.2, -0.15) is 0 Å². The smallest absolute Gasteiger partial charge is 0.220 e. The molecule has 28 heavy (non-hydrogen) atoms. The Labute approximate surface area is 167 Å². The van der Waals surface area contributed by atoms with E-state index in [4.69, 9.17) is 4.74 Å². The summed E-state index contributed by atoms with van der Waals surface area (Å²) in [6.07, 6.45) is 10.8. The van der Waals surface area contributed by atoms with Crippen LogP contribution in [0.4, 0.5) is 0 Å². The van der Waals surface area contributed by atoms with Gasteiger partial charge in [-0.15, -0.1) is 0 Å². The van der Waals surface area contributed by atoms with Gasteiger partial charge in [-0.3, -0.25) is 9.69 Å². The predicted molar refractivity (Wildman–Crippen MR) is 112 cm³/mol. The van der Waals surface area contributed by atoms with Gasteiger partial charge in [0.25, 0.3) is 0 Å². The summed E-state index contributed by atoms with van der Waals surface area (Å²) in [5, 5.41) is 4.55. The van der Waals surface area contributed by atoms with Gasteiger partial charge in [0.2, 0.25) is 5.91 Å². The molecule has 4 rings (SSSR count). The van der Waals surface area contributed by atoms with Crippen LogP contribution in [0.5, 0.6) is 0 Å². The van der Waals surface area contributed by atoms with Crippen LogP contribution in [0.1, 0.15) is 50.5 Å². The second-order valence-electron chi connectivity index (χ2n) is 8.37. The van der Waals surface area contributed by atoms with Crippen LogP contribution < -0.4 is 5.32 Å². The molecule has 2 fully saturated rings. The summed E-state index contributed by atoms with van der Waals surface area (Å²) in [5.41, 5.74) is 2.63. The van der Waals surface area contributed by atoms with E-state index in [2.05, 4.69) is 39.6 Å². The monoisotopic (exact) mass is 383 g/mol. The molecule has 152 valence electrons. The average Bonchev–Trinajstić information content (AvgIpc) is 3.17. The van der Waals surface area contributed by atoms with Crippen molar-refractivity contribution in [3.63, 3.8) is 0 Å². The number of carbonyl (C=O) groups is 1. The molecule has 1 saturated carbocycles. The molecular formula is C23H33N3O2. The van der Waals surface area contributed by atoms with E-state index in [0.29, 0.717) is 6.42 Å². The Morgan fingerprint density at radius 2 is 1.93 bits per heavy atom. The van der Waals surface area contributed by atoms with Crippen LogP contribution in [0.2, 0.25) is 0 Å². The molecule has 0 unspecified atom stereocenters. The molecule has 5 heteroatoms. The molecule has 5 nitrogen and oxygen atoms in total. The number of amides is 1. The third kappa shape index (κ3) is 4.41. The van der Waals surface area contributed by atoms with Crippen LogP contribution >= 0.6 is 0 Å². The molecule has 1 aromatic carbocycles. The molecule has 1 aliphatic heterocycles. The SMILES string of the molecule is O=C(CCCc1c[nH]c2ccccc12)NCC1(N2CCOCC2)CCCCC1. The molecule has 2 aromatic rings. The van der Waals surface area contributed by atoms with Crippen LogP contribution in [0, 0.1) is 0 Å². The van der Waals surface area contributed by atoms with E-state index >= 15 is 0 Å². The number of aromatic amines is 1. The number of ether oxygens (including phenoxy) is 1. The lowest BCUT2D eigenvalue weighted by atomic mass is 9.79. The van der Waals surface area contributed by atoms with E-state index in [1.807, 2.05) is 6.07 Å². The van der Waals surface area contributed by atoms with Crippen molar-refractivity contribution in [2.24, 2.45) is 0 Å². The van der Waals surface area contributed by atoms with E-state index in [1.54, 1.807) is 0 Å². The van der Waals surface area contributed by atoms with Crippen LogP contribution in [0.25, 0.3) is 10.9 Å². The first kappa shape index (κ1) is 19.5. The van der Waals surface area contributed by atoms with Crippen molar-refractivity contribution >= 4 is 16.8 Å². The standard InChI is InChI=1S/C23H33N3O2/c27-22(10-6-7-19-17-24-21-9-3-2-8-20(19)21)25-18-23(11-4-1-5-12-23)26-13-15-28-16-14-26/h2-3,8-9,17,24H,1,4-7,10-16,18H2,(H,25,27). The molecular weight excluding hydrogens is 350 g/mol. The molecule has 0 spiro atoms. The molecule has 1 aromatic heterocycles. The number of carbonyl (C=O) groups excluding carboxylic acids is 1. The highest BCUT2D eigenvalue weighted by molar-refractivity contribution is 5.83. The van der Waals surface area contributed by atoms with Gasteiger partial charge in [-0.25, -0.2) is 0 Å². The number of fused-ring (bicyclic) bond motifs is 1. The number of morpholine rings is 1. The van der Waals surface area contributed by atoms with Gasteiger partial charge >= 0.3 is 0 Å². The zero-order valence-corrected chi connectivity index (χ0v) is 16.8. The lowest BCUT2D eigenvalue weighted by Gasteiger charge is -2.48. The largest absolute Gasteiger partial charge is 0.379 e. The number of nitrogens with one attached hydrogen (secondary N) is 2. The van der Waals surface area contributed by atoms with E-state index in [9.17, 15) is 4.79 Å². The molecule has 0 radical (unpaired) electrons. The summed E-state index contributed by atoms with van der Waals surface area (Å²) >= 11 is 0. The molecule has 1 amide bonds. The first-order chi connectivity index (χ1) is 13.8. The fraction of sp³-hybridized carbons (Fsp3) is 0.609. The quantitative estimate of drug-likeness (QED) is 0.767. The van der Waals surface area contributed by atoms with Crippen molar-refractivity contribution in [1.82, 2.24) is 15.2 Å². The maximum absolute atomic E-state index is 12.5. The highest BCUT2D eigenvalue weighted by Crippen LogP contribution is 2.34. The van der Waals surface area contributed by atoms with Crippen molar-refractivity contribution in [2.75, 3.05) is 32.8 Å². The number of nitrogens with zero attached hydrogens (tertiary/aromatic N) is 1. The minimum absolute atomic E-state index is 0.147. The Bertz CT molecular complexity index is 773. The van der Waals surface area contributed by atoms with Gasteiger partial charge in [0, 0.05) is 48.7 Å². The predicted octanol–water partition coefficient (Wildman–Crippen LogP) is 3.64. The first-order valence-corrected chi connectivity index (χ1v) is 10.9. The zero-order chi connectivity index (χ0) is 19.2. The Morgan fingerprint density at radius 1 is 1.14 bits per heavy atom.